The second-order valence-electron chi connectivity index (χ2n) is 6.45. The fraction of sp³-hybridized carbons (Fsp3) is 0.211. The average Bonchev–Trinajstić information content (AvgIpc) is 2.61. The van der Waals surface area contributed by atoms with Gasteiger partial charge in [0, 0.05) is 23.6 Å². The number of hydrogen-bond donors (Lipinski definition) is 3. The molecule has 8 nitrogen and oxygen atoms in total. The fourth-order valence-corrected chi connectivity index (χ4v) is 3.60. The number of hydrogen-bond acceptors (Lipinski definition) is 8. The van der Waals surface area contributed by atoms with Crippen LogP contribution in [0, 0.1) is 0 Å². The van der Waals surface area contributed by atoms with Crippen molar-refractivity contribution in [1.29, 1.82) is 0 Å². The minimum Gasteiger partial charge on any atom is -0.507 e. The van der Waals surface area contributed by atoms with E-state index in [0.717, 1.165) is 6.07 Å². The Bertz CT molecular complexity index is 1070. The molecule has 0 fully saturated rings. The van der Waals surface area contributed by atoms with Crippen LogP contribution in [-0.4, -0.2) is 46.1 Å². The van der Waals surface area contributed by atoms with E-state index < -0.39 is 52.0 Å². The fourth-order valence-electron chi connectivity index (χ4n) is 3.60. The molecule has 0 radical (unpaired) electrons. The molecule has 2 aromatic carbocycles. The highest BCUT2D eigenvalue weighted by molar-refractivity contribution is 6.32. The molecule has 1 unspecified atom stereocenters. The van der Waals surface area contributed by atoms with E-state index in [4.69, 9.17) is 9.47 Å². The third-order valence-corrected chi connectivity index (χ3v) is 4.80. The molecule has 8 heteroatoms. The molecule has 0 amide bonds. The number of rotatable bonds is 1. The lowest BCUT2D eigenvalue weighted by Gasteiger charge is -2.28. The van der Waals surface area contributed by atoms with Crippen LogP contribution in [0.4, 0.5) is 0 Å². The molecule has 2 aliphatic rings. The van der Waals surface area contributed by atoms with E-state index in [1.54, 1.807) is 6.92 Å². The van der Waals surface area contributed by atoms with Gasteiger partial charge in [0.25, 0.3) is 0 Å². The normalized spacial score (nSPS) is 17.7. The van der Waals surface area contributed by atoms with E-state index in [1.165, 1.54) is 13.2 Å². The Kier molecular flexibility index (Phi) is 3.42. The van der Waals surface area contributed by atoms with Crippen molar-refractivity contribution in [2.24, 2.45) is 0 Å². The smallest absolute Gasteiger partial charge is 0.342 e. The topological polar surface area (TPSA) is 130 Å². The Balaban J connectivity index is 2.07. The summed E-state index contributed by atoms with van der Waals surface area (Å²) in [5.41, 5.74) is -1.73. The first-order valence-electron chi connectivity index (χ1n) is 8.08. The van der Waals surface area contributed by atoms with Crippen molar-refractivity contribution in [3.8, 4) is 23.0 Å². The molecule has 0 bridgehead atoms. The van der Waals surface area contributed by atoms with E-state index in [-0.39, 0.29) is 34.4 Å². The van der Waals surface area contributed by atoms with Crippen LogP contribution < -0.4 is 4.74 Å². The van der Waals surface area contributed by atoms with Crippen LogP contribution in [0.3, 0.4) is 0 Å². The number of phenols is 3. The summed E-state index contributed by atoms with van der Waals surface area (Å²) < 4.78 is 10.1. The van der Waals surface area contributed by atoms with E-state index in [2.05, 4.69) is 0 Å². The van der Waals surface area contributed by atoms with Gasteiger partial charge >= 0.3 is 5.97 Å². The molecule has 138 valence electrons. The Morgan fingerprint density at radius 2 is 1.63 bits per heavy atom. The molecule has 1 heterocycles. The molecule has 1 aliphatic carbocycles. The first-order chi connectivity index (χ1) is 12.8. The summed E-state index contributed by atoms with van der Waals surface area (Å²) in [4.78, 5) is 38.1. The summed E-state index contributed by atoms with van der Waals surface area (Å²) >= 11 is 0. The maximum absolute atomic E-state index is 13.0. The molecule has 0 saturated carbocycles. The third-order valence-electron chi connectivity index (χ3n) is 4.80. The van der Waals surface area contributed by atoms with Crippen molar-refractivity contribution in [3.63, 3.8) is 0 Å². The summed E-state index contributed by atoms with van der Waals surface area (Å²) in [7, 11) is 1.33. The number of ether oxygens (including phenoxy) is 2. The third kappa shape index (κ3) is 2.13. The SMILES string of the molecule is COc1cc(O)c2c(c1)C(=O)c1c(O)c3c(c(O)c1C2=O)C(=O)OC(C)C3. The van der Waals surface area contributed by atoms with Crippen LogP contribution in [0.1, 0.15) is 54.7 Å². The van der Waals surface area contributed by atoms with Gasteiger partial charge in [-0.2, -0.15) is 0 Å². The summed E-state index contributed by atoms with van der Waals surface area (Å²) in [5.74, 6) is -4.21. The van der Waals surface area contributed by atoms with Gasteiger partial charge in [-0.15, -0.1) is 0 Å². The molecular formula is C19H14O8. The second-order valence-corrected chi connectivity index (χ2v) is 6.45. The average molecular weight is 370 g/mol. The largest absolute Gasteiger partial charge is 0.507 e. The highest BCUT2D eigenvalue weighted by atomic mass is 16.5. The van der Waals surface area contributed by atoms with Gasteiger partial charge in [-0.05, 0) is 13.0 Å². The number of aromatic hydroxyl groups is 3. The Morgan fingerprint density at radius 1 is 0.963 bits per heavy atom. The lowest BCUT2D eigenvalue weighted by Crippen LogP contribution is -2.29. The summed E-state index contributed by atoms with van der Waals surface area (Å²) in [6.07, 6.45) is -0.495. The highest BCUT2D eigenvalue weighted by Crippen LogP contribution is 2.47. The zero-order valence-corrected chi connectivity index (χ0v) is 14.3. The number of esters is 1. The van der Waals surface area contributed by atoms with E-state index in [0.29, 0.717) is 0 Å². The summed E-state index contributed by atoms with van der Waals surface area (Å²) in [5, 5.41) is 31.4. The van der Waals surface area contributed by atoms with E-state index in [1.807, 2.05) is 0 Å². The van der Waals surface area contributed by atoms with Crippen molar-refractivity contribution in [1.82, 2.24) is 0 Å². The number of fused-ring (bicyclic) bond motifs is 3. The first kappa shape index (κ1) is 16.9. The summed E-state index contributed by atoms with van der Waals surface area (Å²) in [6.45, 7) is 1.60. The maximum Gasteiger partial charge on any atom is 0.342 e. The zero-order valence-electron chi connectivity index (χ0n) is 14.3. The van der Waals surface area contributed by atoms with Gasteiger partial charge in [-0.3, -0.25) is 9.59 Å². The van der Waals surface area contributed by atoms with Crippen LogP contribution in [0.2, 0.25) is 0 Å². The Morgan fingerprint density at radius 3 is 2.30 bits per heavy atom. The quantitative estimate of drug-likeness (QED) is 0.436. The minimum atomic E-state index is -0.899. The lowest BCUT2D eigenvalue weighted by molar-refractivity contribution is 0.0293. The lowest BCUT2D eigenvalue weighted by atomic mass is 9.79. The summed E-state index contributed by atoms with van der Waals surface area (Å²) in [6, 6.07) is 2.42. The van der Waals surface area contributed by atoms with Gasteiger partial charge in [0.2, 0.25) is 5.78 Å². The number of methoxy groups -OCH3 is 1. The van der Waals surface area contributed by atoms with Crippen LogP contribution in [-0.2, 0) is 11.2 Å². The first-order valence-corrected chi connectivity index (χ1v) is 8.08. The standard InChI is InChI=1S/C19H14O8/c1-6-3-8-12(19(25)27-6)18(24)14-13(15(8)21)16(22)9-4-7(26-2)5-10(20)11(9)17(14)23/h4-6,20-21,24H,3H2,1-2H3. The van der Waals surface area contributed by atoms with Crippen LogP contribution in [0.5, 0.6) is 23.0 Å². The van der Waals surface area contributed by atoms with E-state index >= 15 is 0 Å². The van der Waals surface area contributed by atoms with Crippen LogP contribution in [0.15, 0.2) is 12.1 Å². The molecule has 0 spiro atoms. The molecule has 0 aromatic heterocycles. The minimum absolute atomic E-state index is 0.0479. The van der Waals surface area contributed by atoms with Gasteiger partial charge < -0.3 is 24.8 Å². The molecular weight excluding hydrogens is 356 g/mol. The van der Waals surface area contributed by atoms with Crippen LogP contribution in [0.25, 0.3) is 0 Å². The number of carbonyl (C=O) groups excluding carboxylic acids is 3. The number of phenolic OH excluding ortho intramolecular Hbond substituents is 3. The number of cyclic esters (lactones) is 1. The predicted octanol–water partition coefficient (Wildman–Crippen LogP) is 1.69. The molecule has 0 saturated heterocycles. The second kappa shape index (κ2) is 5.47. The van der Waals surface area contributed by atoms with Gasteiger partial charge in [0.1, 0.15) is 34.7 Å². The van der Waals surface area contributed by atoms with Gasteiger partial charge in [-0.1, -0.05) is 0 Å². The molecule has 4 rings (SSSR count). The van der Waals surface area contributed by atoms with Gasteiger partial charge in [-0.25, -0.2) is 4.79 Å². The predicted molar refractivity (Wildman–Crippen MR) is 89.9 cm³/mol. The molecule has 2 aromatic rings. The monoisotopic (exact) mass is 370 g/mol. The van der Waals surface area contributed by atoms with Crippen LogP contribution >= 0.6 is 0 Å². The number of carbonyl (C=O) groups is 3. The van der Waals surface area contributed by atoms with Gasteiger partial charge in [0.05, 0.1) is 23.8 Å². The van der Waals surface area contributed by atoms with Crippen molar-refractivity contribution in [2.75, 3.05) is 7.11 Å². The maximum atomic E-state index is 13.0. The number of benzene rings is 2. The molecule has 1 atom stereocenters. The zero-order chi connectivity index (χ0) is 19.6. The molecule has 27 heavy (non-hydrogen) atoms. The Labute approximate surface area is 152 Å². The van der Waals surface area contributed by atoms with E-state index in [9.17, 15) is 29.7 Å². The Hall–Kier alpha value is -3.55. The molecule has 1 aliphatic heterocycles. The van der Waals surface area contributed by atoms with Crippen molar-refractivity contribution < 1.29 is 39.2 Å². The van der Waals surface area contributed by atoms with Gasteiger partial charge in [0.15, 0.2) is 5.78 Å². The van der Waals surface area contributed by atoms with Crippen molar-refractivity contribution >= 4 is 17.5 Å². The molecule has 3 N–H and O–H groups in total. The van der Waals surface area contributed by atoms with Crippen molar-refractivity contribution in [3.05, 3.63) is 45.5 Å². The number of ketones is 2. The van der Waals surface area contributed by atoms with Crippen molar-refractivity contribution in [2.45, 2.75) is 19.4 Å². The highest BCUT2D eigenvalue weighted by Gasteiger charge is 2.42.